The quantitative estimate of drug-likeness (QED) is 0.874. The minimum Gasteiger partial charge on any atom is -0.481 e. The van der Waals surface area contributed by atoms with E-state index in [2.05, 4.69) is 9.97 Å². The number of pyridine rings is 2. The van der Waals surface area contributed by atoms with Crippen molar-refractivity contribution in [2.45, 2.75) is 13.0 Å². The van der Waals surface area contributed by atoms with Crippen LogP contribution >= 0.6 is 0 Å². The fraction of sp³-hybridized carbons (Fsp3) is 0.231. The van der Waals surface area contributed by atoms with Crippen LogP contribution in [0.4, 0.5) is 0 Å². The van der Waals surface area contributed by atoms with Crippen LogP contribution in [0, 0.1) is 6.92 Å². The second kappa shape index (κ2) is 4.93. The predicted octanol–water partition coefficient (Wildman–Crippen LogP) is 1.88. The van der Waals surface area contributed by atoms with E-state index in [4.69, 9.17) is 4.74 Å². The number of aliphatic hydroxyl groups is 1. The highest BCUT2D eigenvalue weighted by molar-refractivity contribution is 5.28. The lowest BCUT2D eigenvalue weighted by atomic mass is 10.1. The van der Waals surface area contributed by atoms with Gasteiger partial charge >= 0.3 is 0 Å². The number of hydrogen-bond acceptors (Lipinski definition) is 4. The lowest BCUT2D eigenvalue weighted by Crippen LogP contribution is -2.01. The van der Waals surface area contributed by atoms with Crippen LogP contribution in [0.5, 0.6) is 5.88 Å². The zero-order valence-electron chi connectivity index (χ0n) is 9.79. The standard InChI is InChI=1S/C13H14N2O2/c1-9-3-4-10(7-14-9)13(16)11-5-6-12(17-2)15-8-11/h3-8,13,16H,1-2H3. The zero-order valence-corrected chi connectivity index (χ0v) is 9.79. The first-order chi connectivity index (χ1) is 8.20. The molecule has 0 spiro atoms. The van der Waals surface area contributed by atoms with E-state index in [9.17, 15) is 5.11 Å². The van der Waals surface area contributed by atoms with Gasteiger partial charge in [0.1, 0.15) is 6.10 Å². The fourth-order valence-corrected chi connectivity index (χ4v) is 1.51. The normalized spacial score (nSPS) is 12.2. The molecule has 2 aromatic heterocycles. The molecule has 0 amide bonds. The Morgan fingerprint density at radius 1 is 1.06 bits per heavy atom. The largest absolute Gasteiger partial charge is 0.481 e. The summed E-state index contributed by atoms with van der Waals surface area (Å²) in [5, 5.41) is 10.1. The Morgan fingerprint density at radius 2 is 1.71 bits per heavy atom. The van der Waals surface area contributed by atoms with Gasteiger partial charge in [-0.3, -0.25) is 4.98 Å². The van der Waals surface area contributed by atoms with Gasteiger partial charge in [0.25, 0.3) is 0 Å². The molecule has 0 saturated carbocycles. The van der Waals surface area contributed by atoms with Gasteiger partial charge in [0, 0.05) is 35.3 Å². The van der Waals surface area contributed by atoms with Crippen molar-refractivity contribution in [3.63, 3.8) is 0 Å². The Bertz CT molecular complexity index is 480. The third kappa shape index (κ3) is 2.60. The summed E-state index contributed by atoms with van der Waals surface area (Å²) in [6, 6.07) is 7.24. The van der Waals surface area contributed by atoms with Crippen molar-refractivity contribution >= 4 is 0 Å². The van der Waals surface area contributed by atoms with Crippen molar-refractivity contribution in [1.82, 2.24) is 9.97 Å². The van der Waals surface area contributed by atoms with E-state index in [-0.39, 0.29) is 0 Å². The number of ether oxygens (including phenoxy) is 1. The summed E-state index contributed by atoms with van der Waals surface area (Å²) in [5.74, 6) is 0.531. The molecule has 1 unspecified atom stereocenters. The number of rotatable bonds is 3. The summed E-state index contributed by atoms with van der Waals surface area (Å²) < 4.78 is 4.97. The number of nitrogens with zero attached hydrogens (tertiary/aromatic N) is 2. The van der Waals surface area contributed by atoms with Crippen molar-refractivity contribution in [2.75, 3.05) is 7.11 Å². The van der Waals surface area contributed by atoms with Crippen LogP contribution in [0.15, 0.2) is 36.7 Å². The van der Waals surface area contributed by atoms with Crippen LogP contribution in [-0.4, -0.2) is 22.2 Å². The molecule has 0 aliphatic heterocycles. The SMILES string of the molecule is COc1ccc(C(O)c2ccc(C)nc2)cn1. The summed E-state index contributed by atoms with van der Waals surface area (Å²) in [6.45, 7) is 1.91. The third-order valence-corrected chi connectivity index (χ3v) is 2.53. The molecule has 2 aromatic rings. The van der Waals surface area contributed by atoms with Gasteiger partial charge in [0.15, 0.2) is 0 Å². The van der Waals surface area contributed by atoms with Gasteiger partial charge in [-0.1, -0.05) is 6.07 Å². The smallest absolute Gasteiger partial charge is 0.212 e. The van der Waals surface area contributed by atoms with Crippen LogP contribution in [0.1, 0.15) is 22.9 Å². The molecule has 0 aliphatic rings. The molecule has 2 heterocycles. The number of aliphatic hydroxyl groups excluding tert-OH is 1. The van der Waals surface area contributed by atoms with E-state index in [1.54, 1.807) is 31.6 Å². The summed E-state index contributed by atoms with van der Waals surface area (Å²) in [5.41, 5.74) is 2.40. The fourth-order valence-electron chi connectivity index (χ4n) is 1.51. The molecule has 0 aliphatic carbocycles. The molecular formula is C13H14N2O2. The molecule has 0 fully saturated rings. The third-order valence-electron chi connectivity index (χ3n) is 2.53. The van der Waals surface area contributed by atoms with E-state index >= 15 is 0 Å². The molecule has 4 nitrogen and oxygen atoms in total. The van der Waals surface area contributed by atoms with Crippen molar-refractivity contribution in [2.24, 2.45) is 0 Å². The Kier molecular flexibility index (Phi) is 3.35. The van der Waals surface area contributed by atoms with E-state index < -0.39 is 6.10 Å². The summed E-state index contributed by atoms with van der Waals surface area (Å²) in [7, 11) is 1.56. The van der Waals surface area contributed by atoms with Gasteiger partial charge in [-0.15, -0.1) is 0 Å². The molecule has 88 valence electrons. The highest BCUT2D eigenvalue weighted by Gasteiger charge is 2.11. The Hall–Kier alpha value is -1.94. The Morgan fingerprint density at radius 3 is 2.18 bits per heavy atom. The van der Waals surface area contributed by atoms with Crippen LogP contribution in [0.25, 0.3) is 0 Å². The summed E-state index contributed by atoms with van der Waals surface area (Å²) in [4.78, 5) is 8.21. The minimum absolute atomic E-state index is 0.531. The zero-order chi connectivity index (χ0) is 12.3. The molecule has 1 N–H and O–H groups in total. The summed E-state index contributed by atoms with van der Waals surface area (Å²) >= 11 is 0. The van der Waals surface area contributed by atoms with E-state index in [1.165, 1.54) is 0 Å². The van der Waals surface area contributed by atoms with Crippen molar-refractivity contribution in [3.05, 3.63) is 53.5 Å². The number of aromatic nitrogens is 2. The Balaban J connectivity index is 2.23. The topological polar surface area (TPSA) is 55.2 Å². The first-order valence-electron chi connectivity index (χ1n) is 5.31. The van der Waals surface area contributed by atoms with E-state index in [1.807, 2.05) is 19.1 Å². The second-order valence-electron chi connectivity index (χ2n) is 3.77. The molecule has 4 heteroatoms. The Labute approximate surface area is 99.9 Å². The average Bonchev–Trinajstić information content (AvgIpc) is 2.39. The van der Waals surface area contributed by atoms with Crippen molar-refractivity contribution < 1.29 is 9.84 Å². The molecule has 0 aromatic carbocycles. The van der Waals surface area contributed by atoms with Gasteiger partial charge < -0.3 is 9.84 Å². The van der Waals surface area contributed by atoms with Crippen molar-refractivity contribution in [3.8, 4) is 5.88 Å². The maximum Gasteiger partial charge on any atom is 0.212 e. The molecule has 0 bridgehead atoms. The second-order valence-corrected chi connectivity index (χ2v) is 3.77. The van der Waals surface area contributed by atoms with Crippen LogP contribution in [-0.2, 0) is 0 Å². The molecule has 2 rings (SSSR count). The van der Waals surface area contributed by atoms with Crippen LogP contribution < -0.4 is 4.74 Å². The van der Waals surface area contributed by atoms with Gasteiger partial charge in [-0.05, 0) is 19.1 Å². The molecule has 0 saturated heterocycles. The van der Waals surface area contributed by atoms with Crippen molar-refractivity contribution in [1.29, 1.82) is 0 Å². The van der Waals surface area contributed by atoms with Gasteiger partial charge in [-0.25, -0.2) is 4.98 Å². The highest BCUT2D eigenvalue weighted by Crippen LogP contribution is 2.21. The maximum absolute atomic E-state index is 10.1. The number of methoxy groups -OCH3 is 1. The summed E-state index contributed by atoms with van der Waals surface area (Å²) in [6.07, 6.45) is 2.56. The minimum atomic E-state index is -0.707. The van der Waals surface area contributed by atoms with Gasteiger partial charge in [0.2, 0.25) is 5.88 Å². The predicted molar refractivity (Wildman–Crippen MR) is 63.8 cm³/mol. The van der Waals surface area contributed by atoms with E-state index in [0.29, 0.717) is 5.88 Å². The van der Waals surface area contributed by atoms with E-state index in [0.717, 1.165) is 16.8 Å². The lowest BCUT2D eigenvalue weighted by Gasteiger charge is -2.11. The maximum atomic E-state index is 10.1. The highest BCUT2D eigenvalue weighted by atomic mass is 16.5. The number of hydrogen-bond donors (Lipinski definition) is 1. The number of aryl methyl sites for hydroxylation is 1. The molecule has 0 radical (unpaired) electrons. The monoisotopic (exact) mass is 230 g/mol. The molecular weight excluding hydrogens is 216 g/mol. The first kappa shape index (κ1) is 11.5. The average molecular weight is 230 g/mol. The van der Waals surface area contributed by atoms with Crippen LogP contribution in [0.3, 0.4) is 0 Å². The van der Waals surface area contributed by atoms with Crippen LogP contribution in [0.2, 0.25) is 0 Å². The molecule has 1 atom stereocenters. The van der Waals surface area contributed by atoms with Gasteiger partial charge in [-0.2, -0.15) is 0 Å². The first-order valence-corrected chi connectivity index (χ1v) is 5.31. The van der Waals surface area contributed by atoms with Gasteiger partial charge in [0.05, 0.1) is 7.11 Å². The lowest BCUT2D eigenvalue weighted by molar-refractivity contribution is 0.219. The molecule has 17 heavy (non-hydrogen) atoms.